The molecule has 0 saturated carbocycles. The van der Waals surface area contributed by atoms with E-state index in [0.717, 1.165) is 18.8 Å². The van der Waals surface area contributed by atoms with E-state index in [9.17, 15) is 0 Å². The second kappa shape index (κ2) is 2.88. The van der Waals surface area contributed by atoms with Crippen LogP contribution < -0.4 is 0 Å². The Morgan fingerprint density at radius 2 is 2.17 bits per heavy atom. The van der Waals surface area contributed by atoms with Crippen molar-refractivity contribution >= 4 is 0 Å². The average molecular weight is 165 g/mol. The summed E-state index contributed by atoms with van der Waals surface area (Å²) < 4.78 is 2.07. The average Bonchev–Trinajstić information content (AvgIpc) is 2.46. The lowest BCUT2D eigenvalue weighted by Gasteiger charge is -2.09. The lowest BCUT2D eigenvalue weighted by atomic mass is 10.2. The summed E-state index contributed by atoms with van der Waals surface area (Å²) in [4.78, 5) is 4.50. The highest BCUT2D eigenvalue weighted by atomic mass is 15.3. The molecule has 2 rings (SSSR count). The fraction of sp³-hybridized carbons (Fsp3) is 0.778. The Hall–Kier alpha value is -0.860. The van der Waals surface area contributed by atoms with Crippen LogP contribution in [0.25, 0.3) is 0 Å². The minimum Gasteiger partial charge on any atom is -0.250 e. The van der Waals surface area contributed by atoms with Gasteiger partial charge in [-0.2, -0.15) is 5.10 Å². The van der Waals surface area contributed by atoms with Gasteiger partial charge in [0, 0.05) is 18.9 Å². The molecule has 0 spiro atoms. The van der Waals surface area contributed by atoms with Gasteiger partial charge < -0.3 is 0 Å². The van der Waals surface area contributed by atoms with Crippen molar-refractivity contribution in [1.82, 2.24) is 14.8 Å². The van der Waals surface area contributed by atoms with E-state index in [-0.39, 0.29) is 0 Å². The van der Waals surface area contributed by atoms with Gasteiger partial charge in [0.25, 0.3) is 0 Å². The summed E-state index contributed by atoms with van der Waals surface area (Å²) in [6.45, 7) is 5.34. The molecule has 66 valence electrons. The molecule has 0 aliphatic carbocycles. The van der Waals surface area contributed by atoms with Crippen LogP contribution >= 0.6 is 0 Å². The van der Waals surface area contributed by atoms with Crippen LogP contribution in [-0.2, 0) is 13.0 Å². The number of rotatable bonds is 1. The molecule has 0 saturated heterocycles. The molecular weight excluding hydrogens is 150 g/mol. The van der Waals surface area contributed by atoms with Gasteiger partial charge in [-0.25, -0.2) is 9.67 Å². The van der Waals surface area contributed by atoms with E-state index in [2.05, 4.69) is 28.6 Å². The van der Waals surface area contributed by atoms with Crippen LogP contribution in [0, 0.1) is 0 Å². The molecule has 3 nitrogen and oxygen atoms in total. The van der Waals surface area contributed by atoms with Crippen LogP contribution in [0.3, 0.4) is 0 Å². The quantitative estimate of drug-likeness (QED) is 0.634. The molecule has 0 N–H and O–H groups in total. The summed E-state index contributed by atoms with van der Waals surface area (Å²) in [7, 11) is 0. The van der Waals surface area contributed by atoms with Gasteiger partial charge in [-0.1, -0.05) is 13.8 Å². The molecule has 0 bridgehead atoms. The molecule has 0 atom stereocenters. The summed E-state index contributed by atoms with van der Waals surface area (Å²) in [5.74, 6) is 2.65. The number of aryl methyl sites for hydroxylation is 2. The number of nitrogens with zero attached hydrogens (tertiary/aromatic N) is 3. The number of fused-ring (bicyclic) bond motifs is 1. The molecule has 1 aromatic rings. The van der Waals surface area contributed by atoms with Gasteiger partial charge in [-0.3, -0.25) is 0 Å². The molecule has 2 heterocycles. The highest BCUT2D eigenvalue weighted by molar-refractivity contribution is 4.98. The third kappa shape index (κ3) is 1.24. The summed E-state index contributed by atoms with van der Waals surface area (Å²) in [6, 6.07) is 0. The molecule has 0 fully saturated rings. The lowest BCUT2D eigenvalue weighted by Crippen LogP contribution is -2.11. The predicted molar refractivity (Wildman–Crippen MR) is 47.0 cm³/mol. The minimum absolute atomic E-state index is 0.461. The Balaban J connectivity index is 2.32. The maximum absolute atomic E-state index is 4.50. The van der Waals surface area contributed by atoms with Crippen LogP contribution in [0.2, 0.25) is 0 Å². The first kappa shape index (κ1) is 7.77. The summed E-state index contributed by atoms with van der Waals surface area (Å²) in [5, 5.41) is 4.46. The third-order valence-corrected chi connectivity index (χ3v) is 2.30. The van der Waals surface area contributed by atoms with Gasteiger partial charge >= 0.3 is 0 Å². The number of hydrogen-bond acceptors (Lipinski definition) is 2. The van der Waals surface area contributed by atoms with Crippen molar-refractivity contribution in [2.75, 3.05) is 0 Å². The summed E-state index contributed by atoms with van der Waals surface area (Å²) in [5.41, 5.74) is 0. The van der Waals surface area contributed by atoms with Gasteiger partial charge in [0.15, 0.2) is 5.82 Å². The Kier molecular flexibility index (Phi) is 1.87. The SMILES string of the molecule is CC(C)c1nc2n(n1)CCCC2. The van der Waals surface area contributed by atoms with Crippen molar-refractivity contribution in [2.45, 2.75) is 45.6 Å². The molecule has 1 aliphatic rings. The van der Waals surface area contributed by atoms with Gasteiger partial charge in [-0.15, -0.1) is 0 Å². The monoisotopic (exact) mass is 165 g/mol. The Morgan fingerprint density at radius 3 is 2.83 bits per heavy atom. The maximum atomic E-state index is 4.50. The van der Waals surface area contributed by atoms with E-state index >= 15 is 0 Å². The smallest absolute Gasteiger partial charge is 0.153 e. The van der Waals surface area contributed by atoms with E-state index in [0.29, 0.717) is 5.92 Å². The second-order valence-corrected chi connectivity index (χ2v) is 3.72. The van der Waals surface area contributed by atoms with Gasteiger partial charge in [-0.05, 0) is 12.8 Å². The Bertz CT molecular complexity index is 252. The van der Waals surface area contributed by atoms with Crippen molar-refractivity contribution in [3.8, 4) is 0 Å². The van der Waals surface area contributed by atoms with Crippen LogP contribution in [-0.4, -0.2) is 14.8 Å². The molecule has 0 amide bonds. The fourth-order valence-electron chi connectivity index (χ4n) is 1.55. The molecule has 3 heteroatoms. The van der Waals surface area contributed by atoms with Crippen LogP contribution in [0.15, 0.2) is 0 Å². The topological polar surface area (TPSA) is 30.7 Å². The van der Waals surface area contributed by atoms with Crippen molar-refractivity contribution < 1.29 is 0 Å². The molecule has 12 heavy (non-hydrogen) atoms. The first-order chi connectivity index (χ1) is 5.77. The van der Waals surface area contributed by atoms with Crippen LogP contribution in [0.5, 0.6) is 0 Å². The highest BCUT2D eigenvalue weighted by Crippen LogP contribution is 2.15. The zero-order valence-corrected chi connectivity index (χ0v) is 7.75. The van der Waals surface area contributed by atoms with Crippen LogP contribution in [0.1, 0.15) is 44.3 Å². The molecule has 1 aromatic heterocycles. The maximum Gasteiger partial charge on any atom is 0.153 e. The third-order valence-electron chi connectivity index (χ3n) is 2.30. The van der Waals surface area contributed by atoms with Crippen LogP contribution in [0.4, 0.5) is 0 Å². The van der Waals surface area contributed by atoms with E-state index in [4.69, 9.17) is 0 Å². The van der Waals surface area contributed by atoms with E-state index in [1.54, 1.807) is 0 Å². The molecule has 0 aromatic carbocycles. The Labute approximate surface area is 72.8 Å². The molecule has 1 aliphatic heterocycles. The largest absolute Gasteiger partial charge is 0.250 e. The summed E-state index contributed by atoms with van der Waals surface area (Å²) in [6.07, 6.45) is 3.64. The van der Waals surface area contributed by atoms with E-state index < -0.39 is 0 Å². The fourth-order valence-corrected chi connectivity index (χ4v) is 1.55. The first-order valence-electron chi connectivity index (χ1n) is 4.71. The normalized spacial score (nSPS) is 16.6. The zero-order chi connectivity index (χ0) is 8.55. The number of hydrogen-bond donors (Lipinski definition) is 0. The lowest BCUT2D eigenvalue weighted by molar-refractivity contribution is 0.477. The standard InChI is InChI=1S/C9H15N3/c1-7(2)9-10-8-5-3-4-6-12(8)11-9/h7H,3-6H2,1-2H3. The van der Waals surface area contributed by atoms with E-state index in [1.165, 1.54) is 18.7 Å². The van der Waals surface area contributed by atoms with Crippen molar-refractivity contribution in [2.24, 2.45) is 0 Å². The summed E-state index contributed by atoms with van der Waals surface area (Å²) >= 11 is 0. The second-order valence-electron chi connectivity index (χ2n) is 3.72. The molecule has 0 unspecified atom stereocenters. The molecule has 0 radical (unpaired) electrons. The van der Waals surface area contributed by atoms with Crippen molar-refractivity contribution in [3.05, 3.63) is 11.6 Å². The van der Waals surface area contributed by atoms with Gasteiger partial charge in [0.2, 0.25) is 0 Å². The zero-order valence-electron chi connectivity index (χ0n) is 7.75. The molecular formula is C9H15N3. The predicted octanol–water partition coefficient (Wildman–Crippen LogP) is 1.74. The number of aromatic nitrogens is 3. The first-order valence-corrected chi connectivity index (χ1v) is 4.71. The van der Waals surface area contributed by atoms with Crippen molar-refractivity contribution in [3.63, 3.8) is 0 Å². The Morgan fingerprint density at radius 1 is 1.33 bits per heavy atom. The van der Waals surface area contributed by atoms with Gasteiger partial charge in [0.05, 0.1) is 0 Å². The van der Waals surface area contributed by atoms with Gasteiger partial charge in [0.1, 0.15) is 5.82 Å². The highest BCUT2D eigenvalue weighted by Gasteiger charge is 2.14. The minimum atomic E-state index is 0.461. The van der Waals surface area contributed by atoms with E-state index in [1.807, 2.05) is 0 Å². The van der Waals surface area contributed by atoms with Crippen molar-refractivity contribution in [1.29, 1.82) is 0 Å².